The molecule has 124 valence electrons. The molecule has 0 saturated carbocycles. The number of non-ortho nitro benzene ring substituents is 1. The summed E-state index contributed by atoms with van der Waals surface area (Å²) in [7, 11) is 0. The number of rotatable bonds is 6. The van der Waals surface area contributed by atoms with Crippen LogP contribution >= 0.6 is 11.8 Å². The predicted molar refractivity (Wildman–Crippen MR) is 90.3 cm³/mol. The summed E-state index contributed by atoms with van der Waals surface area (Å²) in [5.74, 6) is -0.234. The van der Waals surface area contributed by atoms with Gasteiger partial charge in [-0.15, -0.1) is 11.8 Å². The highest BCUT2D eigenvalue weighted by molar-refractivity contribution is 8.00. The van der Waals surface area contributed by atoms with Gasteiger partial charge in [0.2, 0.25) is 5.91 Å². The van der Waals surface area contributed by atoms with Crippen molar-refractivity contribution in [3.63, 3.8) is 0 Å². The molecule has 0 saturated heterocycles. The van der Waals surface area contributed by atoms with Gasteiger partial charge in [0.25, 0.3) is 11.4 Å². The highest BCUT2D eigenvalue weighted by Gasteiger charge is 2.15. The van der Waals surface area contributed by atoms with Gasteiger partial charge in [-0.1, -0.05) is 6.07 Å². The fourth-order valence-corrected chi connectivity index (χ4v) is 2.65. The topological polar surface area (TPSA) is 115 Å². The summed E-state index contributed by atoms with van der Waals surface area (Å²) in [6.45, 7) is 1.57. The van der Waals surface area contributed by atoms with Crippen LogP contribution in [0.1, 0.15) is 5.56 Å². The van der Waals surface area contributed by atoms with Gasteiger partial charge in [0.1, 0.15) is 0 Å². The van der Waals surface area contributed by atoms with Crippen LogP contribution in [0.5, 0.6) is 0 Å². The minimum atomic E-state index is -0.503. The molecule has 0 heterocycles. The summed E-state index contributed by atoms with van der Waals surface area (Å²) < 4.78 is 0. The third kappa shape index (κ3) is 4.29. The molecule has 9 heteroatoms. The number of benzene rings is 2. The Balaban J connectivity index is 1.98. The highest BCUT2D eigenvalue weighted by Crippen LogP contribution is 2.26. The van der Waals surface area contributed by atoms with E-state index in [0.717, 1.165) is 0 Å². The van der Waals surface area contributed by atoms with Gasteiger partial charge >= 0.3 is 0 Å². The lowest BCUT2D eigenvalue weighted by Crippen LogP contribution is -2.15. The summed E-state index contributed by atoms with van der Waals surface area (Å²) in [5.41, 5.74) is 0.696. The number of carbonyl (C=O) groups is 1. The normalized spacial score (nSPS) is 10.2. The van der Waals surface area contributed by atoms with Crippen LogP contribution in [-0.2, 0) is 4.79 Å². The molecule has 2 aromatic carbocycles. The van der Waals surface area contributed by atoms with Crippen LogP contribution in [0.25, 0.3) is 0 Å². The Labute approximate surface area is 141 Å². The number of carbonyl (C=O) groups excluding carboxylic acids is 1. The van der Waals surface area contributed by atoms with Crippen molar-refractivity contribution >= 4 is 34.7 Å². The van der Waals surface area contributed by atoms with Crippen molar-refractivity contribution in [3.8, 4) is 0 Å². The molecule has 24 heavy (non-hydrogen) atoms. The quantitative estimate of drug-likeness (QED) is 0.485. The summed E-state index contributed by atoms with van der Waals surface area (Å²) in [5, 5.41) is 24.1. The minimum absolute atomic E-state index is 0.0176. The van der Waals surface area contributed by atoms with Crippen LogP contribution in [0, 0.1) is 27.2 Å². The molecule has 0 aliphatic carbocycles. The first-order valence-corrected chi connectivity index (χ1v) is 7.78. The average molecular weight is 347 g/mol. The fourth-order valence-electron chi connectivity index (χ4n) is 1.96. The van der Waals surface area contributed by atoms with Crippen molar-refractivity contribution in [1.82, 2.24) is 0 Å². The standard InChI is InChI=1S/C15H13N3O5S/c1-10-13(3-2-4-14(10)18(22)23)16-15(19)9-24-12-7-5-11(6-8-12)17(20)21/h2-8H,9H2,1H3,(H,16,19). The van der Waals surface area contributed by atoms with Gasteiger partial charge in [-0.3, -0.25) is 25.0 Å². The molecule has 1 N–H and O–H groups in total. The summed E-state index contributed by atoms with van der Waals surface area (Å²) in [4.78, 5) is 33.2. The van der Waals surface area contributed by atoms with Gasteiger partial charge in [-0.2, -0.15) is 0 Å². The Morgan fingerprint density at radius 3 is 2.33 bits per heavy atom. The zero-order chi connectivity index (χ0) is 17.7. The number of thioether (sulfide) groups is 1. The van der Waals surface area contributed by atoms with Crippen LogP contribution in [0.15, 0.2) is 47.4 Å². The molecule has 0 fully saturated rings. The largest absolute Gasteiger partial charge is 0.325 e. The van der Waals surface area contributed by atoms with Crippen LogP contribution in [0.2, 0.25) is 0 Å². The molecule has 0 radical (unpaired) electrons. The Hall–Kier alpha value is -2.94. The van der Waals surface area contributed by atoms with Crippen molar-refractivity contribution < 1.29 is 14.6 Å². The van der Waals surface area contributed by atoms with E-state index in [4.69, 9.17) is 0 Å². The lowest BCUT2D eigenvalue weighted by atomic mass is 10.1. The summed E-state index contributed by atoms with van der Waals surface area (Å²) in [6, 6.07) is 10.3. The molecule has 0 aliphatic heterocycles. The van der Waals surface area contributed by atoms with Crippen LogP contribution < -0.4 is 5.32 Å². The van der Waals surface area contributed by atoms with Crippen LogP contribution in [0.3, 0.4) is 0 Å². The lowest BCUT2D eigenvalue weighted by molar-refractivity contribution is -0.385. The number of anilines is 1. The minimum Gasteiger partial charge on any atom is -0.325 e. The van der Waals surface area contributed by atoms with Crippen LogP contribution in [0.4, 0.5) is 17.1 Å². The third-order valence-electron chi connectivity index (χ3n) is 3.19. The van der Waals surface area contributed by atoms with E-state index in [0.29, 0.717) is 16.1 Å². The van der Waals surface area contributed by atoms with E-state index in [1.807, 2.05) is 0 Å². The molecular weight excluding hydrogens is 334 g/mol. The van der Waals surface area contributed by atoms with E-state index in [1.165, 1.54) is 36.0 Å². The van der Waals surface area contributed by atoms with E-state index < -0.39 is 9.85 Å². The first kappa shape index (κ1) is 17.4. The monoisotopic (exact) mass is 347 g/mol. The number of nitrogens with one attached hydrogen (secondary N) is 1. The van der Waals surface area contributed by atoms with E-state index in [1.54, 1.807) is 25.1 Å². The maximum absolute atomic E-state index is 12.0. The number of nitro groups is 2. The molecule has 0 spiro atoms. The fraction of sp³-hybridized carbons (Fsp3) is 0.133. The Morgan fingerprint density at radius 1 is 1.08 bits per heavy atom. The highest BCUT2D eigenvalue weighted by atomic mass is 32.2. The van der Waals surface area contributed by atoms with E-state index in [-0.39, 0.29) is 23.0 Å². The van der Waals surface area contributed by atoms with Crippen molar-refractivity contribution in [2.75, 3.05) is 11.1 Å². The van der Waals surface area contributed by atoms with Crippen molar-refractivity contribution in [2.45, 2.75) is 11.8 Å². The van der Waals surface area contributed by atoms with Gasteiger partial charge in [0.05, 0.1) is 26.9 Å². The number of amides is 1. The molecule has 0 atom stereocenters. The average Bonchev–Trinajstić information content (AvgIpc) is 2.55. The maximum Gasteiger partial charge on any atom is 0.274 e. The molecular formula is C15H13N3O5S. The zero-order valence-corrected chi connectivity index (χ0v) is 13.4. The number of nitro benzene ring substituents is 2. The second-order valence-electron chi connectivity index (χ2n) is 4.79. The van der Waals surface area contributed by atoms with E-state index in [9.17, 15) is 25.0 Å². The Morgan fingerprint density at radius 2 is 1.75 bits per heavy atom. The van der Waals surface area contributed by atoms with E-state index in [2.05, 4.69) is 5.32 Å². The maximum atomic E-state index is 12.0. The number of hydrogen-bond donors (Lipinski definition) is 1. The SMILES string of the molecule is Cc1c(NC(=O)CSc2ccc([N+](=O)[O-])cc2)cccc1[N+](=O)[O-]. The van der Waals surface area contributed by atoms with Crippen molar-refractivity contribution in [1.29, 1.82) is 0 Å². The molecule has 2 aromatic rings. The van der Waals surface area contributed by atoms with Gasteiger partial charge in [-0.05, 0) is 25.1 Å². The molecule has 1 amide bonds. The van der Waals surface area contributed by atoms with Gasteiger partial charge in [0.15, 0.2) is 0 Å². The predicted octanol–water partition coefficient (Wildman–Crippen LogP) is 3.54. The second-order valence-corrected chi connectivity index (χ2v) is 5.84. The smallest absolute Gasteiger partial charge is 0.274 e. The second kappa shape index (κ2) is 7.55. The van der Waals surface area contributed by atoms with E-state index >= 15 is 0 Å². The molecule has 0 bridgehead atoms. The zero-order valence-electron chi connectivity index (χ0n) is 12.6. The summed E-state index contributed by atoms with van der Waals surface area (Å²) in [6.07, 6.45) is 0. The summed E-state index contributed by atoms with van der Waals surface area (Å²) >= 11 is 1.22. The lowest BCUT2D eigenvalue weighted by Gasteiger charge is -2.08. The molecule has 0 aromatic heterocycles. The molecule has 8 nitrogen and oxygen atoms in total. The molecule has 0 aliphatic rings. The Kier molecular flexibility index (Phi) is 5.48. The van der Waals surface area contributed by atoms with Crippen molar-refractivity contribution in [2.24, 2.45) is 0 Å². The third-order valence-corrected chi connectivity index (χ3v) is 4.21. The molecule has 0 unspecified atom stereocenters. The van der Waals surface area contributed by atoms with Gasteiger partial charge in [-0.25, -0.2) is 0 Å². The van der Waals surface area contributed by atoms with Crippen molar-refractivity contribution in [3.05, 3.63) is 68.3 Å². The van der Waals surface area contributed by atoms with Gasteiger partial charge < -0.3 is 5.32 Å². The Bertz CT molecular complexity index is 792. The first-order chi connectivity index (χ1) is 11.4. The van der Waals surface area contributed by atoms with Gasteiger partial charge in [0, 0.05) is 23.1 Å². The number of hydrogen-bond acceptors (Lipinski definition) is 6. The first-order valence-electron chi connectivity index (χ1n) is 6.79. The van der Waals surface area contributed by atoms with Crippen LogP contribution in [-0.4, -0.2) is 21.5 Å². The molecule has 2 rings (SSSR count). The number of nitrogens with zero attached hydrogens (tertiary/aromatic N) is 2.